The summed E-state index contributed by atoms with van der Waals surface area (Å²) < 4.78 is 9.00. The molecule has 1 rings (SSSR count). The van der Waals surface area contributed by atoms with E-state index in [1.165, 1.54) is 0 Å². The number of ether oxygens (including phenoxy) is 1. The smallest absolute Gasteiger partial charge is 0.408 e. The van der Waals surface area contributed by atoms with Crippen LogP contribution in [-0.2, 0) is 4.74 Å². The maximum atomic E-state index is 12.0. The van der Waals surface area contributed by atoms with Gasteiger partial charge in [0.15, 0.2) is 5.78 Å². The molecule has 5 nitrogen and oxygen atoms in total. The molecule has 1 N–H and O–H groups in total. The number of carbonyl (C=O) groups is 2. The van der Waals surface area contributed by atoms with Gasteiger partial charge in [0, 0.05) is 6.20 Å². The van der Waals surface area contributed by atoms with Crippen LogP contribution in [0.2, 0.25) is 0 Å². The molecule has 0 aromatic carbocycles. The number of rotatable bonds is 4. The van der Waals surface area contributed by atoms with E-state index >= 15 is 0 Å². The minimum atomic E-state index is -0.577. The van der Waals surface area contributed by atoms with Crippen LogP contribution in [0.25, 0.3) is 0 Å². The van der Waals surface area contributed by atoms with Gasteiger partial charge in [0.2, 0.25) is 0 Å². The molecule has 0 aliphatic carbocycles. The van der Waals surface area contributed by atoms with Crippen LogP contribution >= 0.6 is 11.5 Å². The maximum Gasteiger partial charge on any atom is 0.408 e. The first-order chi connectivity index (χ1) is 8.33. The second-order valence-electron chi connectivity index (χ2n) is 4.85. The van der Waals surface area contributed by atoms with Gasteiger partial charge in [0.25, 0.3) is 0 Å². The molecule has 0 radical (unpaired) electrons. The van der Waals surface area contributed by atoms with Crippen LogP contribution in [0.5, 0.6) is 0 Å². The first-order valence-electron chi connectivity index (χ1n) is 5.78. The Balaban J connectivity index is 2.63. The lowest BCUT2D eigenvalue weighted by atomic mass is 10.1. The molecule has 0 aliphatic rings. The highest BCUT2D eigenvalue weighted by Crippen LogP contribution is 2.12. The van der Waals surface area contributed by atoms with Gasteiger partial charge in [-0.15, -0.1) is 0 Å². The molecule has 1 atom stereocenters. The number of ketones is 1. The lowest BCUT2D eigenvalue weighted by molar-refractivity contribution is 0.0490. The Morgan fingerprint density at radius 3 is 2.61 bits per heavy atom. The average Bonchev–Trinajstić information content (AvgIpc) is 2.75. The Morgan fingerprint density at radius 1 is 1.50 bits per heavy atom. The summed E-state index contributed by atoms with van der Waals surface area (Å²) in [5.74, 6) is -0.133. The number of hydrogen-bond acceptors (Lipinski definition) is 5. The first kappa shape index (κ1) is 14.6. The first-order valence-corrected chi connectivity index (χ1v) is 6.55. The summed E-state index contributed by atoms with van der Waals surface area (Å²) >= 11 is 1.12. The maximum absolute atomic E-state index is 12.0. The molecule has 1 heterocycles. The molecule has 6 heteroatoms. The van der Waals surface area contributed by atoms with Crippen molar-refractivity contribution >= 4 is 23.4 Å². The quantitative estimate of drug-likeness (QED) is 0.854. The second-order valence-corrected chi connectivity index (χ2v) is 5.68. The molecule has 1 aromatic rings. The van der Waals surface area contributed by atoms with Gasteiger partial charge in [-0.3, -0.25) is 4.79 Å². The third-order valence-corrected chi connectivity index (χ3v) is 2.86. The number of amides is 1. The molecule has 0 aliphatic heterocycles. The summed E-state index contributed by atoms with van der Waals surface area (Å²) in [7, 11) is 0. The Bertz CT molecular complexity index is 409. The van der Waals surface area contributed by atoms with Crippen LogP contribution in [0.4, 0.5) is 4.79 Å². The fourth-order valence-electron chi connectivity index (χ4n) is 1.32. The zero-order chi connectivity index (χ0) is 13.8. The van der Waals surface area contributed by atoms with Crippen molar-refractivity contribution in [2.45, 2.75) is 45.8 Å². The molecular weight excluding hydrogens is 252 g/mol. The fourth-order valence-corrected chi connectivity index (χ4v) is 1.91. The van der Waals surface area contributed by atoms with Gasteiger partial charge in [-0.25, -0.2) is 9.17 Å². The van der Waals surface area contributed by atoms with Crippen molar-refractivity contribution in [1.29, 1.82) is 0 Å². The van der Waals surface area contributed by atoms with E-state index < -0.39 is 17.7 Å². The summed E-state index contributed by atoms with van der Waals surface area (Å²) in [5.41, 5.74) is -0.574. The van der Waals surface area contributed by atoms with E-state index in [-0.39, 0.29) is 5.78 Å². The minimum absolute atomic E-state index is 0.133. The minimum Gasteiger partial charge on any atom is -0.444 e. The third kappa shape index (κ3) is 4.44. The van der Waals surface area contributed by atoms with Crippen LogP contribution in [0.15, 0.2) is 12.3 Å². The molecule has 100 valence electrons. The van der Waals surface area contributed by atoms with Crippen LogP contribution in [0.1, 0.15) is 43.8 Å². The van der Waals surface area contributed by atoms with Gasteiger partial charge in [0.1, 0.15) is 5.60 Å². The van der Waals surface area contributed by atoms with Gasteiger partial charge >= 0.3 is 6.09 Å². The molecule has 0 bridgehead atoms. The van der Waals surface area contributed by atoms with Crippen molar-refractivity contribution in [1.82, 2.24) is 9.69 Å². The van der Waals surface area contributed by atoms with E-state index in [2.05, 4.69) is 9.69 Å². The second kappa shape index (κ2) is 5.95. The standard InChI is InChI=1S/C12H18N2O3S/c1-5-8(10(15)9-6-7-13-18-9)14-11(16)17-12(2,3)4/h6-8H,5H2,1-4H3,(H,14,16)/t8-/m0/s1. The van der Waals surface area contributed by atoms with Crippen LogP contribution < -0.4 is 5.32 Å². The Hall–Kier alpha value is -1.43. The number of aromatic nitrogens is 1. The van der Waals surface area contributed by atoms with Gasteiger partial charge in [-0.2, -0.15) is 0 Å². The number of nitrogens with one attached hydrogen (secondary N) is 1. The summed E-state index contributed by atoms with van der Waals surface area (Å²) in [4.78, 5) is 24.2. The van der Waals surface area contributed by atoms with E-state index in [0.29, 0.717) is 11.3 Å². The highest BCUT2D eigenvalue weighted by Gasteiger charge is 2.24. The van der Waals surface area contributed by atoms with Gasteiger partial charge < -0.3 is 10.1 Å². The average molecular weight is 270 g/mol. The lowest BCUT2D eigenvalue weighted by Gasteiger charge is -2.22. The molecule has 0 fully saturated rings. The zero-order valence-corrected chi connectivity index (χ0v) is 11.8. The van der Waals surface area contributed by atoms with Crippen molar-refractivity contribution in [3.05, 3.63) is 17.1 Å². The van der Waals surface area contributed by atoms with Crippen molar-refractivity contribution < 1.29 is 14.3 Å². The number of nitrogens with zero attached hydrogens (tertiary/aromatic N) is 1. The van der Waals surface area contributed by atoms with E-state index in [0.717, 1.165) is 11.5 Å². The SMILES string of the molecule is CC[C@H](NC(=O)OC(C)(C)C)C(=O)c1ccns1. The largest absolute Gasteiger partial charge is 0.444 e. The topological polar surface area (TPSA) is 68.3 Å². The Labute approximate surface area is 111 Å². The molecule has 0 spiro atoms. The van der Waals surface area contributed by atoms with Crippen molar-refractivity contribution in [2.75, 3.05) is 0 Å². The number of alkyl carbamates (subject to hydrolysis) is 1. The lowest BCUT2D eigenvalue weighted by Crippen LogP contribution is -2.42. The predicted octanol–water partition coefficient (Wildman–Crippen LogP) is 2.63. The van der Waals surface area contributed by atoms with Crippen molar-refractivity contribution in [3.8, 4) is 0 Å². The zero-order valence-electron chi connectivity index (χ0n) is 11.0. The van der Waals surface area contributed by atoms with Crippen LogP contribution in [0.3, 0.4) is 0 Å². The monoisotopic (exact) mass is 270 g/mol. The van der Waals surface area contributed by atoms with Gasteiger partial charge in [0.05, 0.1) is 10.9 Å². The summed E-state index contributed by atoms with van der Waals surface area (Å²) in [6, 6.07) is 1.08. The fraction of sp³-hybridized carbons (Fsp3) is 0.583. The normalized spacial score (nSPS) is 12.9. The molecule has 0 saturated heterocycles. The molecule has 0 saturated carbocycles. The van der Waals surface area contributed by atoms with E-state index in [1.807, 2.05) is 6.92 Å². The van der Waals surface area contributed by atoms with Gasteiger partial charge in [-0.1, -0.05) is 6.92 Å². The van der Waals surface area contributed by atoms with E-state index in [4.69, 9.17) is 4.74 Å². The van der Waals surface area contributed by atoms with E-state index in [1.54, 1.807) is 33.0 Å². The number of carbonyl (C=O) groups excluding carboxylic acids is 2. The summed E-state index contributed by atoms with van der Waals surface area (Å²) in [6.07, 6.45) is 1.50. The van der Waals surface area contributed by atoms with Crippen LogP contribution in [-0.4, -0.2) is 27.9 Å². The summed E-state index contributed by atoms with van der Waals surface area (Å²) in [5, 5.41) is 2.58. The van der Waals surface area contributed by atoms with Crippen molar-refractivity contribution in [3.63, 3.8) is 0 Å². The Morgan fingerprint density at radius 2 is 2.17 bits per heavy atom. The predicted molar refractivity (Wildman–Crippen MR) is 69.9 cm³/mol. The molecule has 1 amide bonds. The third-order valence-electron chi connectivity index (χ3n) is 2.10. The Kier molecular flexibility index (Phi) is 4.84. The molecule has 0 unspecified atom stereocenters. The highest BCUT2D eigenvalue weighted by molar-refractivity contribution is 7.08. The van der Waals surface area contributed by atoms with Gasteiger partial charge in [-0.05, 0) is 44.8 Å². The van der Waals surface area contributed by atoms with Crippen LogP contribution in [0, 0.1) is 0 Å². The van der Waals surface area contributed by atoms with E-state index in [9.17, 15) is 9.59 Å². The van der Waals surface area contributed by atoms with Crippen molar-refractivity contribution in [2.24, 2.45) is 0 Å². The highest BCUT2D eigenvalue weighted by atomic mass is 32.1. The molecular formula is C12H18N2O3S. The number of Topliss-reactive ketones (excluding diaryl/α,β-unsaturated/α-hetero) is 1. The molecule has 1 aromatic heterocycles. The molecule has 18 heavy (non-hydrogen) atoms. The number of hydrogen-bond donors (Lipinski definition) is 1. The summed E-state index contributed by atoms with van der Waals surface area (Å²) in [6.45, 7) is 7.16.